The molecule has 1 amide bonds. The van der Waals surface area contributed by atoms with Crippen LogP contribution in [0.2, 0.25) is 0 Å². The maximum absolute atomic E-state index is 12.3. The highest BCUT2D eigenvalue weighted by Gasteiger charge is 2.36. The van der Waals surface area contributed by atoms with Crippen LogP contribution in [0.15, 0.2) is 6.20 Å². The van der Waals surface area contributed by atoms with E-state index < -0.39 is 0 Å². The number of rotatable bonds is 2. The van der Waals surface area contributed by atoms with Crippen molar-refractivity contribution in [2.45, 2.75) is 13.0 Å². The fraction of sp³-hybridized carbons (Fsp3) is 0.692. The van der Waals surface area contributed by atoms with Crippen LogP contribution in [0.1, 0.15) is 16.1 Å². The van der Waals surface area contributed by atoms with Gasteiger partial charge in [0.1, 0.15) is 0 Å². The predicted octanol–water partition coefficient (Wildman–Crippen LogP) is -0.542. The fourth-order valence-corrected chi connectivity index (χ4v) is 2.78. The van der Waals surface area contributed by atoms with Crippen LogP contribution < -0.4 is 5.32 Å². The van der Waals surface area contributed by atoms with Crippen LogP contribution in [0, 0.1) is 6.92 Å². The molecule has 6 nitrogen and oxygen atoms in total. The molecule has 3 heterocycles. The van der Waals surface area contributed by atoms with Crippen molar-refractivity contribution in [2.75, 3.05) is 39.3 Å². The second-order valence-corrected chi connectivity index (χ2v) is 5.42. The number of carbonyl (C=O) groups is 1. The fourth-order valence-electron chi connectivity index (χ4n) is 2.78. The third-order valence-electron chi connectivity index (χ3n) is 4.28. The maximum atomic E-state index is 12.3. The number of aryl methyl sites for hydroxylation is 1. The molecule has 0 radical (unpaired) electrons. The summed E-state index contributed by atoms with van der Waals surface area (Å²) in [6.07, 6.45) is 1.68. The smallest absolute Gasteiger partial charge is 0.257 e. The van der Waals surface area contributed by atoms with E-state index in [1.807, 2.05) is 18.9 Å². The Morgan fingerprint density at radius 1 is 1.37 bits per heavy atom. The van der Waals surface area contributed by atoms with Crippen molar-refractivity contribution in [3.8, 4) is 0 Å². The summed E-state index contributed by atoms with van der Waals surface area (Å²) in [5.41, 5.74) is 1.68. The summed E-state index contributed by atoms with van der Waals surface area (Å²) >= 11 is 0. The van der Waals surface area contributed by atoms with Crippen LogP contribution in [-0.2, 0) is 7.05 Å². The van der Waals surface area contributed by atoms with E-state index in [4.69, 9.17) is 0 Å². The van der Waals surface area contributed by atoms with Gasteiger partial charge in [-0.3, -0.25) is 14.4 Å². The molecule has 2 saturated heterocycles. The highest BCUT2D eigenvalue weighted by atomic mass is 16.2. The van der Waals surface area contributed by atoms with Crippen LogP contribution in [0.5, 0.6) is 0 Å². The van der Waals surface area contributed by atoms with Gasteiger partial charge in [-0.1, -0.05) is 0 Å². The Morgan fingerprint density at radius 3 is 2.63 bits per heavy atom. The van der Waals surface area contributed by atoms with Crippen molar-refractivity contribution in [2.24, 2.45) is 7.05 Å². The number of carbonyl (C=O) groups excluding carboxylic acids is 1. The lowest BCUT2D eigenvalue weighted by molar-refractivity contribution is 0.0226. The Morgan fingerprint density at radius 2 is 2.05 bits per heavy atom. The lowest BCUT2D eigenvalue weighted by Gasteiger charge is -2.46. The monoisotopic (exact) mass is 263 g/mol. The second-order valence-electron chi connectivity index (χ2n) is 5.42. The molecule has 104 valence electrons. The van der Waals surface area contributed by atoms with Crippen molar-refractivity contribution < 1.29 is 4.79 Å². The molecular weight excluding hydrogens is 242 g/mol. The van der Waals surface area contributed by atoms with Gasteiger partial charge >= 0.3 is 0 Å². The molecule has 0 aromatic carbocycles. The molecule has 1 aromatic rings. The number of hydrogen-bond acceptors (Lipinski definition) is 4. The minimum Gasteiger partial charge on any atom is -0.335 e. The Bertz CT molecular complexity index is 471. The maximum Gasteiger partial charge on any atom is 0.257 e. The largest absolute Gasteiger partial charge is 0.335 e. The van der Waals surface area contributed by atoms with Crippen molar-refractivity contribution >= 4 is 5.91 Å². The quantitative estimate of drug-likeness (QED) is 0.778. The zero-order valence-corrected chi connectivity index (χ0v) is 11.6. The predicted molar refractivity (Wildman–Crippen MR) is 72.1 cm³/mol. The van der Waals surface area contributed by atoms with Gasteiger partial charge in [-0.15, -0.1) is 0 Å². The Labute approximate surface area is 113 Å². The minimum absolute atomic E-state index is 0.122. The first-order valence-electron chi connectivity index (χ1n) is 6.89. The van der Waals surface area contributed by atoms with E-state index in [0.717, 1.165) is 50.5 Å². The van der Waals surface area contributed by atoms with E-state index >= 15 is 0 Å². The molecule has 3 rings (SSSR count). The van der Waals surface area contributed by atoms with Gasteiger partial charge in [0.2, 0.25) is 0 Å². The molecule has 0 spiro atoms. The van der Waals surface area contributed by atoms with Gasteiger partial charge in [0.05, 0.1) is 11.8 Å². The van der Waals surface area contributed by atoms with Gasteiger partial charge in [0.25, 0.3) is 5.91 Å². The van der Waals surface area contributed by atoms with E-state index in [1.165, 1.54) is 0 Å². The average molecular weight is 263 g/mol. The summed E-state index contributed by atoms with van der Waals surface area (Å²) in [5, 5.41) is 7.49. The van der Waals surface area contributed by atoms with Crippen molar-refractivity contribution in [1.82, 2.24) is 24.9 Å². The lowest BCUT2D eigenvalue weighted by Crippen LogP contribution is -2.63. The summed E-state index contributed by atoms with van der Waals surface area (Å²) in [4.78, 5) is 16.7. The number of piperazine rings is 1. The van der Waals surface area contributed by atoms with E-state index in [-0.39, 0.29) is 5.91 Å². The Hall–Kier alpha value is -1.40. The minimum atomic E-state index is 0.122. The van der Waals surface area contributed by atoms with Gasteiger partial charge in [-0.25, -0.2) is 0 Å². The molecule has 1 aromatic heterocycles. The van der Waals surface area contributed by atoms with Gasteiger partial charge < -0.3 is 10.2 Å². The zero-order valence-electron chi connectivity index (χ0n) is 11.6. The molecule has 0 saturated carbocycles. The normalized spacial score (nSPS) is 21.5. The topological polar surface area (TPSA) is 53.4 Å². The molecule has 2 aliphatic rings. The number of nitrogens with zero attached hydrogens (tertiary/aromatic N) is 4. The molecular formula is C13H21N5O. The van der Waals surface area contributed by atoms with Crippen LogP contribution in [0.4, 0.5) is 0 Å². The summed E-state index contributed by atoms with van der Waals surface area (Å²) < 4.78 is 1.75. The first kappa shape index (κ1) is 12.6. The molecule has 19 heavy (non-hydrogen) atoms. The summed E-state index contributed by atoms with van der Waals surface area (Å²) in [5.74, 6) is 0.122. The van der Waals surface area contributed by atoms with Crippen molar-refractivity contribution in [1.29, 1.82) is 0 Å². The van der Waals surface area contributed by atoms with Gasteiger partial charge in [0.15, 0.2) is 0 Å². The van der Waals surface area contributed by atoms with Crippen LogP contribution in [-0.4, -0.2) is 70.8 Å². The molecule has 2 aliphatic heterocycles. The standard InChI is InChI=1S/C13H21N5O/c1-10-12(7-15-16(10)2)13(19)18-8-11(9-18)17-5-3-14-4-6-17/h7,11,14H,3-6,8-9H2,1-2H3. The second kappa shape index (κ2) is 4.94. The SMILES string of the molecule is Cc1c(C(=O)N2CC(N3CCNCC3)C2)cnn1C. The molecule has 0 bridgehead atoms. The van der Waals surface area contributed by atoms with Gasteiger partial charge in [0, 0.05) is 58.1 Å². The van der Waals surface area contributed by atoms with Crippen molar-refractivity contribution in [3.63, 3.8) is 0 Å². The number of hydrogen-bond donors (Lipinski definition) is 1. The molecule has 0 unspecified atom stereocenters. The van der Waals surface area contributed by atoms with E-state index in [9.17, 15) is 4.79 Å². The van der Waals surface area contributed by atoms with Crippen LogP contribution >= 0.6 is 0 Å². The summed E-state index contributed by atoms with van der Waals surface area (Å²) in [7, 11) is 1.87. The first-order chi connectivity index (χ1) is 9.16. The highest BCUT2D eigenvalue weighted by molar-refractivity contribution is 5.95. The summed E-state index contributed by atoms with van der Waals surface area (Å²) in [6, 6.07) is 0.544. The molecule has 0 aliphatic carbocycles. The summed E-state index contributed by atoms with van der Waals surface area (Å²) in [6.45, 7) is 7.96. The van der Waals surface area contributed by atoms with Crippen LogP contribution in [0.3, 0.4) is 0 Å². The third kappa shape index (κ3) is 2.26. The van der Waals surface area contributed by atoms with E-state index in [2.05, 4.69) is 15.3 Å². The number of aromatic nitrogens is 2. The molecule has 6 heteroatoms. The van der Waals surface area contributed by atoms with E-state index in [0.29, 0.717) is 6.04 Å². The van der Waals surface area contributed by atoms with Crippen LogP contribution in [0.25, 0.3) is 0 Å². The van der Waals surface area contributed by atoms with E-state index in [1.54, 1.807) is 10.9 Å². The van der Waals surface area contributed by atoms with Crippen molar-refractivity contribution in [3.05, 3.63) is 17.5 Å². The zero-order chi connectivity index (χ0) is 13.4. The van der Waals surface area contributed by atoms with Gasteiger partial charge in [-0.05, 0) is 6.92 Å². The highest BCUT2D eigenvalue weighted by Crippen LogP contribution is 2.19. The number of nitrogens with one attached hydrogen (secondary N) is 1. The molecule has 1 N–H and O–H groups in total. The number of likely N-dealkylation sites (tertiary alicyclic amines) is 1. The van der Waals surface area contributed by atoms with Gasteiger partial charge in [-0.2, -0.15) is 5.10 Å². The number of amides is 1. The average Bonchev–Trinajstić information content (AvgIpc) is 2.69. The Balaban J connectivity index is 1.58. The molecule has 0 atom stereocenters. The first-order valence-corrected chi connectivity index (χ1v) is 6.89. The third-order valence-corrected chi connectivity index (χ3v) is 4.28. The Kier molecular flexibility index (Phi) is 3.28. The lowest BCUT2D eigenvalue weighted by atomic mass is 10.0. The molecule has 2 fully saturated rings.